The quantitative estimate of drug-likeness (QED) is 0.441. The first-order chi connectivity index (χ1) is 16.6. The first kappa shape index (κ1) is 19.8. The number of fused-ring (bicyclic) bond motifs is 2. The van der Waals surface area contributed by atoms with Gasteiger partial charge in [0.25, 0.3) is 0 Å². The first-order valence-electron chi connectivity index (χ1n) is 10.6. The van der Waals surface area contributed by atoms with Gasteiger partial charge < -0.3 is 14.3 Å². The number of aryl methyl sites for hydroxylation is 1. The van der Waals surface area contributed by atoms with Gasteiger partial charge in [0.2, 0.25) is 5.89 Å². The van der Waals surface area contributed by atoms with Gasteiger partial charge >= 0.3 is 11.8 Å². The summed E-state index contributed by atoms with van der Waals surface area (Å²) < 4.78 is 7.33. The zero-order chi connectivity index (χ0) is 23.2. The van der Waals surface area contributed by atoms with Gasteiger partial charge in [-0.05, 0) is 37.3 Å². The number of carbonyl (C=O) groups excluding carboxylic acids is 1. The first-order valence-corrected chi connectivity index (χ1v) is 10.6. The second kappa shape index (κ2) is 7.63. The molecular weight excluding hydrogens is 434 g/mol. The van der Waals surface area contributed by atoms with Crippen LogP contribution in [0.1, 0.15) is 45.2 Å². The van der Waals surface area contributed by atoms with Gasteiger partial charge in [-0.15, -0.1) is 10.2 Å². The van der Waals surface area contributed by atoms with Gasteiger partial charge in [-0.1, -0.05) is 6.07 Å². The number of nitrogens with one attached hydrogen (secondary N) is 1. The summed E-state index contributed by atoms with van der Waals surface area (Å²) in [6, 6.07) is 12.3. The average Bonchev–Trinajstić information content (AvgIpc) is 3.62. The molecule has 0 radical (unpaired) electrons. The number of aromatic amines is 1. The molecule has 0 saturated carbocycles. The third-order valence-electron chi connectivity index (χ3n) is 5.93. The topological polar surface area (TPSA) is 142 Å². The molecule has 11 nitrogen and oxygen atoms in total. The third-order valence-corrected chi connectivity index (χ3v) is 5.93. The molecule has 0 fully saturated rings. The van der Waals surface area contributed by atoms with Crippen molar-refractivity contribution in [1.82, 2.24) is 39.7 Å². The molecule has 5 aromatic rings. The number of nitriles is 1. The molecule has 34 heavy (non-hydrogen) atoms. The van der Waals surface area contributed by atoms with Gasteiger partial charge in [0, 0.05) is 30.6 Å². The highest BCUT2D eigenvalue weighted by molar-refractivity contribution is 5.90. The van der Waals surface area contributed by atoms with E-state index in [1.165, 1.54) is 0 Å². The molecule has 0 aromatic carbocycles. The summed E-state index contributed by atoms with van der Waals surface area (Å²) in [5, 5.41) is 22.2. The Morgan fingerprint density at radius 1 is 1.24 bits per heavy atom. The maximum Gasteiger partial charge on any atom is 0.312 e. The molecule has 0 unspecified atom stereocenters. The summed E-state index contributed by atoms with van der Waals surface area (Å²) in [5.41, 5.74) is 4.76. The largest absolute Gasteiger partial charge is 0.412 e. The number of aromatic nitrogens is 7. The molecule has 0 spiro atoms. The monoisotopic (exact) mass is 451 g/mol. The number of pyridine rings is 2. The molecule has 1 aliphatic rings. The van der Waals surface area contributed by atoms with E-state index in [4.69, 9.17) is 4.42 Å². The molecule has 6 rings (SSSR count). The molecule has 0 saturated heterocycles. The fraction of sp³-hybridized carbons (Fsp3) is 0.174. The number of hydrogen-bond acceptors (Lipinski definition) is 8. The lowest BCUT2D eigenvalue weighted by atomic mass is 9.99. The van der Waals surface area contributed by atoms with Gasteiger partial charge in [0.1, 0.15) is 17.8 Å². The predicted octanol–water partition coefficient (Wildman–Crippen LogP) is 2.47. The maximum atomic E-state index is 13.6. The molecule has 6 heterocycles. The third kappa shape index (κ3) is 3.04. The zero-order valence-corrected chi connectivity index (χ0v) is 18.0. The Labute approximate surface area is 192 Å². The summed E-state index contributed by atoms with van der Waals surface area (Å²) in [4.78, 5) is 27.1. The predicted molar refractivity (Wildman–Crippen MR) is 117 cm³/mol. The summed E-state index contributed by atoms with van der Waals surface area (Å²) in [6.45, 7) is 2.24. The summed E-state index contributed by atoms with van der Waals surface area (Å²) in [5.74, 6) is -0.311. The van der Waals surface area contributed by atoms with Gasteiger partial charge in [-0.3, -0.25) is 9.78 Å². The highest BCUT2D eigenvalue weighted by Crippen LogP contribution is 2.34. The van der Waals surface area contributed by atoms with Crippen LogP contribution in [0.3, 0.4) is 0 Å². The van der Waals surface area contributed by atoms with Crippen molar-refractivity contribution in [2.75, 3.05) is 6.54 Å². The molecule has 1 aliphatic heterocycles. The van der Waals surface area contributed by atoms with Crippen LogP contribution >= 0.6 is 0 Å². The molecule has 0 aliphatic carbocycles. The Kier molecular flexibility index (Phi) is 4.44. The number of nitrogens with zero attached hydrogens (tertiary/aromatic N) is 8. The van der Waals surface area contributed by atoms with E-state index in [0.717, 1.165) is 16.9 Å². The lowest BCUT2D eigenvalue weighted by molar-refractivity contribution is 0.0646. The van der Waals surface area contributed by atoms with Crippen LogP contribution in [0.4, 0.5) is 0 Å². The maximum absolute atomic E-state index is 13.6. The van der Waals surface area contributed by atoms with Crippen molar-refractivity contribution in [3.63, 3.8) is 0 Å². The average molecular weight is 451 g/mol. The molecule has 0 bridgehead atoms. The van der Waals surface area contributed by atoms with Crippen molar-refractivity contribution in [1.29, 1.82) is 5.26 Å². The minimum absolute atomic E-state index is 0.122. The Morgan fingerprint density at radius 3 is 3.00 bits per heavy atom. The number of carbonyl (C=O) groups is 1. The smallest absolute Gasteiger partial charge is 0.312 e. The van der Waals surface area contributed by atoms with Crippen LogP contribution in [0.25, 0.3) is 17.0 Å². The highest BCUT2D eigenvalue weighted by Gasteiger charge is 2.38. The van der Waals surface area contributed by atoms with Crippen LogP contribution in [0.15, 0.2) is 53.3 Å². The van der Waals surface area contributed by atoms with Crippen molar-refractivity contribution >= 4 is 11.4 Å². The fourth-order valence-electron chi connectivity index (χ4n) is 4.30. The minimum atomic E-state index is -0.579. The van der Waals surface area contributed by atoms with Crippen LogP contribution < -0.4 is 0 Å². The van der Waals surface area contributed by atoms with Gasteiger partial charge in [0.05, 0.1) is 28.8 Å². The molecule has 11 heteroatoms. The number of rotatable bonds is 3. The number of hydrogen-bond donors (Lipinski definition) is 1. The SMILES string of the molecule is Cc1ncccc1-c1nnc(C(=O)N2CCc3[nH]cnc3[C@H]2c2cc3cccc(C#N)n3n2)o1. The summed E-state index contributed by atoms with van der Waals surface area (Å²) in [6.07, 6.45) is 3.88. The van der Waals surface area contributed by atoms with Crippen molar-refractivity contribution in [3.05, 3.63) is 83.3 Å². The minimum Gasteiger partial charge on any atom is -0.412 e. The molecule has 166 valence electrons. The van der Waals surface area contributed by atoms with Crippen molar-refractivity contribution in [3.8, 4) is 17.5 Å². The van der Waals surface area contributed by atoms with Crippen molar-refractivity contribution in [2.24, 2.45) is 0 Å². The zero-order valence-electron chi connectivity index (χ0n) is 18.0. The second-order valence-corrected chi connectivity index (χ2v) is 7.89. The van der Waals surface area contributed by atoms with E-state index >= 15 is 0 Å². The van der Waals surface area contributed by atoms with E-state index in [1.807, 2.05) is 25.1 Å². The van der Waals surface area contributed by atoms with E-state index < -0.39 is 11.9 Å². The van der Waals surface area contributed by atoms with Gasteiger partial charge in [-0.2, -0.15) is 10.4 Å². The Balaban J connectivity index is 1.42. The van der Waals surface area contributed by atoms with E-state index in [1.54, 1.807) is 40.1 Å². The second-order valence-electron chi connectivity index (χ2n) is 7.89. The molecular formula is C23H17N9O2. The van der Waals surface area contributed by atoms with Crippen LogP contribution in [-0.2, 0) is 6.42 Å². The molecule has 5 aromatic heterocycles. The van der Waals surface area contributed by atoms with Crippen LogP contribution in [-0.4, -0.2) is 52.1 Å². The van der Waals surface area contributed by atoms with E-state index in [9.17, 15) is 10.1 Å². The number of amides is 1. The molecule has 1 N–H and O–H groups in total. The Bertz CT molecular complexity index is 1590. The van der Waals surface area contributed by atoms with Crippen LogP contribution in [0, 0.1) is 18.3 Å². The van der Waals surface area contributed by atoms with Gasteiger partial charge in [0.15, 0.2) is 0 Å². The van der Waals surface area contributed by atoms with E-state index in [-0.39, 0.29) is 11.8 Å². The fourth-order valence-corrected chi connectivity index (χ4v) is 4.30. The lowest BCUT2D eigenvalue weighted by Gasteiger charge is -2.32. The summed E-state index contributed by atoms with van der Waals surface area (Å²) >= 11 is 0. The Morgan fingerprint density at radius 2 is 2.15 bits per heavy atom. The van der Waals surface area contributed by atoms with E-state index in [0.29, 0.717) is 35.6 Å². The lowest BCUT2D eigenvalue weighted by Crippen LogP contribution is -2.41. The van der Waals surface area contributed by atoms with Crippen LogP contribution in [0.5, 0.6) is 0 Å². The van der Waals surface area contributed by atoms with Crippen LogP contribution in [0.2, 0.25) is 0 Å². The normalized spacial score (nSPS) is 15.3. The van der Waals surface area contributed by atoms with E-state index in [2.05, 4.69) is 36.3 Å². The molecule has 1 atom stereocenters. The number of imidazole rings is 1. The van der Waals surface area contributed by atoms with Crippen molar-refractivity contribution in [2.45, 2.75) is 19.4 Å². The number of H-pyrrole nitrogens is 1. The van der Waals surface area contributed by atoms with Crippen molar-refractivity contribution < 1.29 is 9.21 Å². The Hall–Kier alpha value is -4.85. The highest BCUT2D eigenvalue weighted by atomic mass is 16.4. The standard InChI is InChI=1S/C23H17N9O2/c1-13-16(6-3-8-25-13)21-28-29-22(34-21)23(33)31-9-7-17-19(27-12-26-17)20(31)18-10-14-4-2-5-15(11-24)32(14)30-18/h2-6,8,10,12,20H,7,9H2,1H3,(H,26,27)/t20-/m1/s1. The van der Waals surface area contributed by atoms with Gasteiger partial charge in [-0.25, -0.2) is 9.50 Å². The summed E-state index contributed by atoms with van der Waals surface area (Å²) in [7, 11) is 0. The molecule has 1 amide bonds.